The molecule has 2 N–H and O–H groups in total. The molecule has 0 spiro atoms. The van der Waals surface area contributed by atoms with Crippen LogP contribution in [0.15, 0.2) is 79.6 Å². The average molecular weight is 571 g/mol. The van der Waals surface area contributed by atoms with Crippen LogP contribution in [0.1, 0.15) is 36.7 Å². The van der Waals surface area contributed by atoms with E-state index in [1.165, 1.54) is 26.3 Å². The van der Waals surface area contributed by atoms with E-state index >= 15 is 0 Å². The van der Waals surface area contributed by atoms with Crippen LogP contribution in [0, 0.1) is 5.92 Å². The van der Waals surface area contributed by atoms with Gasteiger partial charge in [0, 0.05) is 27.1 Å². The van der Waals surface area contributed by atoms with E-state index in [2.05, 4.69) is 37.3 Å². The van der Waals surface area contributed by atoms with Crippen molar-refractivity contribution in [2.75, 3.05) is 19.5 Å². The fourth-order valence-electron chi connectivity index (χ4n) is 4.97. The SMILES string of the molecule is COC(=O)Nc1ccc(-c2cnc(C(CC3CC3)c3ccc(-c4cc(Cl)ccc4-n4cncn4)c[n+]3OC)[nH]2)cc1. The fourth-order valence-corrected chi connectivity index (χ4v) is 5.15. The number of imidazole rings is 1. The highest BCUT2D eigenvalue weighted by atomic mass is 35.5. The number of H-pyrrole nitrogens is 1. The zero-order valence-electron chi connectivity index (χ0n) is 22.6. The molecule has 11 heteroatoms. The summed E-state index contributed by atoms with van der Waals surface area (Å²) in [5.41, 5.74) is 6.19. The van der Waals surface area contributed by atoms with Gasteiger partial charge in [-0.25, -0.2) is 19.4 Å². The number of anilines is 1. The largest absolute Gasteiger partial charge is 0.453 e. The van der Waals surface area contributed by atoms with E-state index in [9.17, 15) is 4.79 Å². The molecule has 1 aliphatic rings. The molecule has 5 aromatic rings. The van der Waals surface area contributed by atoms with Gasteiger partial charge in [0.2, 0.25) is 11.9 Å². The second kappa shape index (κ2) is 11.4. The molecule has 1 unspecified atom stereocenters. The van der Waals surface area contributed by atoms with Crippen LogP contribution in [0.2, 0.25) is 5.02 Å². The van der Waals surface area contributed by atoms with Gasteiger partial charge >= 0.3 is 6.09 Å². The summed E-state index contributed by atoms with van der Waals surface area (Å²) in [6.07, 6.45) is 9.87. The van der Waals surface area contributed by atoms with Crippen LogP contribution in [-0.2, 0) is 4.74 Å². The predicted molar refractivity (Wildman–Crippen MR) is 154 cm³/mol. The second-order valence-electron chi connectivity index (χ2n) is 9.96. The number of pyridine rings is 1. The number of nitrogens with zero attached hydrogens (tertiary/aromatic N) is 5. The van der Waals surface area contributed by atoms with Gasteiger partial charge in [-0.05, 0) is 54.3 Å². The Morgan fingerprint density at radius 2 is 1.95 bits per heavy atom. The Morgan fingerprint density at radius 3 is 2.66 bits per heavy atom. The monoisotopic (exact) mass is 570 g/mol. The molecule has 3 aromatic heterocycles. The van der Waals surface area contributed by atoms with E-state index in [0.717, 1.165) is 46.0 Å². The van der Waals surface area contributed by atoms with E-state index in [1.54, 1.807) is 18.1 Å². The topological polar surface area (TPSA) is 111 Å². The lowest BCUT2D eigenvalue weighted by molar-refractivity contribution is -0.890. The van der Waals surface area contributed by atoms with Crippen molar-refractivity contribution in [1.82, 2.24) is 24.7 Å². The number of hydrogen-bond donors (Lipinski definition) is 2. The molecule has 1 saturated carbocycles. The molecular weight excluding hydrogens is 542 g/mol. The molecule has 0 radical (unpaired) electrons. The third kappa shape index (κ3) is 5.78. The summed E-state index contributed by atoms with van der Waals surface area (Å²) in [5.74, 6) is 1.52. The van der Waals surface area contributed by atoms with Gasteiger partial charge in [-0.2, -0.15) is 5.10 Å². The number of amides is 1. The third-order valence-corrected chi connectivity index (χ3v) is 7.49. The number of hydrogen-bond acceptors (Lipinski definition) is 6. The normalized spacial score (nSPS) is 13.5. The maximum Gasteiger partial charge on any atom is 0.411 e. The highest BCUT2D eigenvalue weighted by molar-refractivity contribution is 6.31. The molecule has 0 saturated heterocycles. The molecule has 2 aromatic carbocycles. The first-order chi connectivity index (χ1) is 20.0. The first-order valence-corrected chi connectivity index (χ1v) is 13.7. The molecule has 1 aliphatic carbocycles. The van der Waals surface area contributed by atoms with E-state index in [-0.39, 0.29) is 5.92 Å². The van der Waals surface area contributed by atoms with Crippen LogP contribution in [0.3, 0.4) is 0 Å². The van der Waals surface area contributed by atoms with Gasteiger partial charge < -0.3 is 9.72 Å². The number of carbonyl (C=O) groups excluding carboxylic acids is 1. The Balaban J connectivity index is 1.33. The summed E-state index contributed by atoms with van der Waals surface area (Å²) in [4.78, 5) is 29.8. The fraction of sp³-hybridized carbons (Fsp3) is 0.233. The predicted octanol–water partition coefficient (Wildman–Crippen LogP) is 5.43. The number of halogens is 1. The number of rotatable bonds is 9. The van der Waals surface area contributed by atoms with Crippen LogP contribution in [0.5, 0.6) is 0 Å². The molecule has 10 nitrogen and oxygen atoms in total. The van der Waals surface area contributed by atoms with Gasteiger partial charge in [0.15, 0.2) is 0 Å². The maximum absolute atomic E-state index is 11.5. The molecule has 0 bridgehead atoms. The highest BCUT2D eigenvalue weighted by Crippen LogP contribution is 2.41. The first-order valence-electron chi connectivity index (χ1n) is 13.3. The van der Waals surface area contributed by atoms with Gasteiger partial charge in [0.25, 0.3) is 0 Å². The van der Waals surface area contributed by atoms with E-state index in [0.29, 0.717) is 16.6 Å². The lowest BCUT2D eigenvalue weighted by Gasteiger charge is -2.14. The van der Waals surface area contributed by atoms with Crippen molar-refractivity contribution < 1.29 is 19.1 Å². The zero-order chi connectivity index (χ0) is 28.3. The first kappa shape index (κ1) is 26.5. The minimum absolute atomic E-state index is 0.000313. The molecule has 41 heavy (non-hydrogen) atoms. The second-order valence-corrected chi connectivity index (χ2v) is 10.4. The molecule has 1 atom stereocenters. The molecule has 0 aliphatic heterocycles. The van der Waals surface area contributed by atoms with Crippen LogP contribution >= 0.6 is 11.6 Å². The van der Waals surface area contributed by atoms with Crippen molar-refractivity contribution in [3.63, 3.8) is 0 Å². The van der Waals surface area contributed by atoms with Gasteiger partial charge in [-0.3, -0.25) is 10.2 Å². The standard InChI is InChI=1S/C30H28ClN7O3/c1-40-30(39)35-23-9-5-20(6-10-23)26-15-33-29(36-26)25(13-19-3-4-19)28-11-7-21(16-38(28)41-2)24-14-22(31)8-12-27(24)37-18-32-17-34-37/h5-12,14-19,25H,3-4,13H2,1-2H3,(H-,33,35,36,39)/p+1. The van der Waals surface area contributed by atoms with Crippen LogP contribution in [0.4, 0.5) is 10.5 Å². The Morgan fingerprint density at radius 1 is 1.15 bits per heavy atom. The van der Waals surface area contributed by atoms with Crippen molar-refractivity contribution in [3.05, 3.63) is 96.2 Å². The van der Waals surface area contributed by atoms with Crippen molar-refractivity contribution in [2.24, 2.45) is 5.92 Å². The van der Waals surface area contributed by atoms with Gasteiger partial charge in [0.05, 0.1) is 30.3 Å². The van der Waals surface area contributed by atoms with Gasteiger partial charge in [-0.15, -0.1) is 0 Å². The molecule has 208 valence electrons. The Hall–Kier alpha value is -4.70. The molecule has 1 amide bonds. The van der Waals surface area contributed by atoms with Crippen LogP contribution in [-0.4, -0.2) is 45.0 Å². The van der Waals surface area contributed by atoms with Crippen molar-refractivity contribution in [3.8, 4) is 28.1 Å². The number of nitrogens with one attached hydrogen (secondary N) is 2. The molecule has 3 heterocycles. The minimum atomic E-state index is -0.507. The Bertz CT molecular complexity index is 1660. The summed E-state index contributed by atoms with van der Waals surface area (Å²) in [7, 11) is 3.00. The van der Waals surface area contributed by atoms with Gasteiger partial charge in [-0.1, -0.05) is 36.6 Å². The number of carbonyl (C=O) groups is 1. The maximum atomic E-state index is 11.5. The molecular formula is C30H29ClN7O3+. The van der Waals surface area contributed by atoms with Crippen LogP contribution in [0.25, 0.3) is 28.1 Å². The summed E-state index contributed by atoms with van der Waals surface area (Å²) in [5, 5.41) is 7.60. The van der Waals surface area contributed by atoms with E-state index in [1.807, 2.05) is 59.6 Å². The lowest BCUT2D eigenvalue weighted by Crippen LogP contribution is -2.45. The smallest absolute Gasteiger partial charge is 0.411 e. The summed E-state index contributed by atoms with van der Waals surface area (Å²) in [6.45, 7) is 0. The Labute approximate surface area is 241 Å². The zero-order valence-corrected chi connectivity index (χ0v) is 23.4. The highest BCUT2D eigenvalue weighted by Gasteiger charge is 2.35. The number of benzene rings is 2. The number of aromatic nitrogens is 6. The van der Waals surface area contributed by atoms with Crippen molar-refractivity contribution in [2.45, 2.75) is 25.2 Å². The summed E-state index contributed by atoms with van der Waals surface area (Å²) in [6, 6.07) is 17.4. The number of methoxy groups -OCH3 is 1. The number of ether oxygens (including phenoxy) is 1. The van der Waals surface area contributed by atoms with E-state index < -0.39 is 6.09 Å². The third-order valence-electron chi connectivity index (χ3n) is 7.25. The quantitative estimate of drug-likeness (QED) is 0.229. The van der Waals surface area contributed by atoms with Crippen LogP contribution < -0.4 is 14.9 Å². The summed E-state index contributed by atoms with van der Waals surface area (Å²) < 4.78 is 8.19. The number of aromatic amines is 1. The van der Waals surface area contributed by atoms with E-state index in [4.69, 9.17) is 21.4 Å². The average Bonchev–Trinajstić information content (AvgIpc) is 3.42. The minimum Gasteiger partial charge on any atom is -0.453 e. The molecule has 1 fully saturated rings. The van der Waals surface area contributed by atoms with Gasteiger partial charge in [0.1, 0.15) is 31.5 Å². The van der Waals surface area contributed by atoms with Crippen molar-refractivity contribution >= 4 is 23.4 Å². The lowest BCUT2D eigenvalue weighted by atomic mass is 9.95. The Kier molecular flexibility index (Phi) is 7.39. The van der Waals surface area contributed by atoms with Crippen molar-refractivity contribution in [1.29, 1.82) is 0 Å². The summed E-state index contributed by atoms with van der Waals surface area (Å²) >= 11 is 6.40. The molecule has 6 rings (SSSR count).